The van der Waals surface area contributed by atoms with Crippen molar-refractivity contribution in [1.29, 1.82) is 0 Å². The van der Waals surface area contributed by atoms with Gasteiger partial charge in [-0.05, 0) is 31.0 Å². The first-order chi connectivity index (χ1) is 8.45. The summed E-state index contributed by atoms with van der Waals surface area (Å²) >= 11 is 0. The molecule has 0 saturated carbocycles. The molecule has 0 aliphatic carbocycles. The summed E-state index contributed by atoms with van der Waals surface area (Å²) in [5, 5.41) is 13.6. The lowest BCUT2D eigenvalue weighted by Gasteiger charge is -2.09. The van der Waals surface area contributed by atoms with E-state index in [9.17, 15) is 14.4 Å². The summed E-state index contributed by atoms with van der Waals surface area (Å²) in [6.45, 7) is 3.47. The zero-order valence-electron chi connectivity index (χ0n) is 9.77. The first-order valence-corrected chi connectivity index (χ1v) is 5.19. The Hall–Kier alpha value is -2.50. The lowest BCUT2D eigenvalue weighted by atomic mass is 9.97. The van der Waals surface area contributed by atoms with Gasteiger partial charge in [0.1, 0.15) is 0 Å². The summed E-state index contributed by atoms with van der Waals surface area (Å²) in [5.41, 5.74) is 1.03. The van der Waals surface area contributed by atoms with Gasteiger partial charge < -0.3 is 10.5 Å². The van der Waals surface area contributed by atoms with Gasteiger partial charge in [0.05, 0.1) is 11.3 Å². The molecule has 0 radical (unpaired) electrons. The number of nitrogens with zero attached hydrogens (tertiary/aromatic N) is 1. The van der Waals surface area contributed by atoms with Crippen LogP contribution in [0.1, 0.15) is 21.5 Å². The first-order valence-electron chi connectivity index (χ1n) is 5.19. The van der Waals surface area contributed by atoms with E-state index in [1.165, 1.54) is 0 Å². The summed E-state index contributed by atoms with van der Waals surface area (Å²) in [6.07, 6.45) is 0. The van der Waals surface area contributed by atoms with Crippen LogP contribution in [-0.2, 0) is 9.59 Å². The Morgan fingerprint density at radius 1 is 1.11 bits per heavy atom. The molecular weight excluding hydrogens is 236 g/mol. The fraction of sp³-hybridized carbons (Fsp3) is 0.167. The molecule has 1 amide bonds. The Balaban J connectivity index is 2.72. The van der Waals surface area contributed by atoms with E-state index in [1.54, 1.807) is 26.0 Å². The number of rotatable bonds is 0. The predicted octanol–water partition coefficient (Wildman–Crippen LogP) is 0.838. The van der Waals surface area contributed by atoms with Crippen molar-refractivity contribution in [3.05, 3.63) is 28.8 Å². The van der Waals surface area contributed by atoms with E-state index in [4.69, 9.17) is 5.21 Å². The highest BCUT2D eigenvalue weighted by molar-refractivity contribution is 6.83. The molecule has 1 aromatic carbocycles. The van der Waals surface area contributed by atoms with Crippen LogP contribution in [0.15, 0.2) is 17.3 Å². The minimum absolute atomic E-state index is 0.137. The van der Waals surface area contributed by atoms with Gasteiger partial charge in [0.2, 0.25) is 11.5 Å². The third-order valence-electron chi connectivity index (χ3n) is 2.69. The van der Waals surface area contributed by atoms with Crippen LogP contribution in [0, 0.1) is 13.8 Å². The zero-order chi connectivity index (χ0) is 13.4. The summed E-state index contributed by atoms with van der Waals surface area (Å²) < 4.78 is 0. The molecule has 6 heteroatoms. The van der Waals surface area contributed by atoms with Gasteiger partial charge in [-0.3, -0.25) is 14.4 Å². The molecule has 18 heavy (non-hydrogen) atoms. The summed E-state index contributed by atoms with van der Waals surface area (Å²) in [5.74, 6) is -2.85. The van der Waals surface area contributed by atoms with Gasteiger partial charge in [-0.1, -0.05) is 11.2 Å². The number of fused-ring (bicyclic) bond motifs is 1. The first kappa shape index (κ1) is 12.0. The standard InChI is InChI=1S/C12H10N2O4/c1-5-3-6(2)8-7(4-5)13-12(17)9(14-18)11(16)10(8)15/h3-4,18H,1-2H3,(H,13,17). The maximum atomic E-state index is 11.9. The number of anilines is 1. The fourth-order valence-electron chi connectivity index (χ4n) is 1.96. The Morgan fingerprint density at radius 3 is 2.39 bits per heavy atom. The van der Waals surface area contributed by atoms with Crippen LogP contribution in [0.5, 0.6) is 0 Å². The maximum absolute atomic E-state index is 11.9. The normalized spacial score (nSPS) is 17.4. The molecule has 1 heterocycles. The Bertz CT molecular complexity index is 617. The molecule has 1 aromatic rings. The lowest BCUT2D eigenvalue weighted by Crippen LogP contribution is -2.31. The number of hydrogen-bond donors (Lipinski definition) is 2. The van der Waals surface area contributed by atoms with Crippen molar-refractivity contribution < 1.29 is 19.6 Å². The van der Waals surface area contributed by atoms with E-state index in [1.807, 2.05) is 0 Å². The summed E-state index contributed by atoms with van der Waals surface area (Å²) in [7, 11) is 0. The number of oxime groups is 1. The molecule has 1 aliphatic heterocycles. The number of carbonyl (C=O) groups excluding carboxylic acids is 3. The Morgan fingerprint density at radius 2 is 1.78 bits per heavy atom. The molecule has 92 valence electrons. The van der Waals surface area contributed by atoms with Crippen LogP contribution in [-0.4, -0.2) is 28.4 Å². The topological polar surface area (TPSA) is 95.8 Å². The average molecular weight is 246 g/mol. The molecule has 0 spiro atoms. The Kier molecular flexibility index (Phi) is 2.70. The quantitative estimate of drug-likeness (QED) is 0.402. The molecule has 0 saturated heterocycles. The fourth-order valence-corrected chi connectivity index (χ4v) is 1.96. The van der Waals surface area contributed by atoms with Gasteiger partial charge in [0, 0.05) is 0 Å². The van der Waals surface area contributed by atoms with Crippen molar-refractivity contribution in [3.63, 3.8) is 0 Å². The summed E-state index contributed by atoms with van der Waals surface area (Å²) in [6, 6.07) is 3.32. The predicted molar refractivity (Wildman–Crippen MR) is 63.1 cm³/mol. The zero-order valence-corrected chi connectivity index (χ0v) is 9.77. The molecule has 1 aliphatic rings. The van der Waals surface area contributed by atoms with Crippen LogP contribution in [0.25, 0.3) is 0 Å². The van der Waals surface area contributed by atoms with E-state index < -0.39 is 23.2 Å². The SMILES string of the molecule is Cc1cc(C)c2c(c1)NC(=O)C(=NO)C(=O)C2=O. The lowest BCUT2D eigenvalue weighted by molar-refractivity contribution is -0.113. The van der Waals surface area contributed by atoms with Crippen molar-refractivity contribution >= 4 is 28.9 Å². The van der Waals surface area contributed by atoms with Gasteiger partial charge in [0.15, 0.2) is 0 Å². The van der Waals surface area contributed by atoms with Gasteiger partial charge >= 0.3 is 0 Å². The van der Waals surface area contributed by atoms with Crippen LogP contribution >= 0.6 is 0 Å². The van der Waals surface area contributed by atoms with E-state index in [0.717, 1.165) is 5.56 Å². The Labute approximate surface area is 102 Å². The van der Waals surface area contributed by atoms with Crippen molar-refractivity contribution in [2.75, 3.05) is 5.32 Å². The van der Waals surface area contributed by atoms with Crippen LogP contribution in [0.2, 0.25) is 0 Å². The van der Waals surface area contributed by atoms with Crippen LogP contribution in [0.3, 0.4) is 0 Å². The van der Waals surface area contributed by atoms with Crippen molar-refractivity contribution in [1.82, 2.24) is 0 Å². The van der Waals surface area contributed by atoms with E-state index in [-0.39, 0.29) is 11.3 Å². The number of hydrogen-bond acceptors (Lipinski definition) is 5. The largest absolute Gasteiger partial charge is 0.410 e. The number of benzene rings is 1. The molecule has 0 atom stereocenters. The number of amides is 1. The molecule has 2 N–H and O–H groups in total. The second-order valence-corrected chi connectivity index (χ2v) is 4.07. The maximum Gasteiger partial charge on any atom is 0.281 e. The molecule has 0 fully saturated rings. The number of carbonyl (C=O) groups is 3. The molecule has 0 aromatic heterocycles. The minimum Gasteiger partial charge on any atom is -0.410 e. The number of nitrogens with one attached hydrogen (secondary N) is 1. The van der Waals surface area contributed by atoms with Crippen molar-refractivity contribution in [2.45, 2.75) is 13.8 Å². The highest BCUT2D eigenvalue weighted by Gasteiger charge is 2.35. The van der Waals surface area contributed by atoms with Crippen LogP contribution in [0.4, 0.5) is 5.69 Å². The van der Waals surface area contributed by atoms with Crippen molar-refractivity contribution in [3.8, 4) is 0 Å². The summed E-state index contributed by atoms with van der Waals surface area (Å²) in [4.78, 5) is 35.2. The molecule has 2 rings (SSSR count). The number of ketones is 2. The minimum atomic E-state index is -1.11. The average Bonchev–Trinajstić information content (AvgIpc) is 2.35. The van der Waals surface area contributed by atoms with E-state index >= 15 is 0 Å². The molecular formula is C12H10N2O4. The van der Waals surface area contributed by atoms with E-state index in [0.29, 0.717) is 5.56 Å². The number of aryl methyl sites for hydroxylation is 2. The van der Waals surface area contributed by atoms with Gasteiger partial charge in [-0.25, -0.2) is 0 Å². The monoisotopic (exact) mass is 246 g/mol. The second-order valence-electron chi connectivity index (χ2n) is 4.07. The highest BCUT2D eigenvalue weighted by atomic mass is 16.4. The smallest absolute Gasteiger partial charge is 0.281 e. The second kappa shape index (κ2) is 4.06. The van der Waals surface area contributed by atoms with Gasteiger partial charge in [-0.2, -0.15) is 0 Å². The van der Waals surface area contributed by atoms with Crippen LogP contribution < -0.4 is 5.32 Å². The number of Topliss-reactive ketones (excluding diaryl/α,β-unsaturated/α-hetero) is 2. The third kappa shape index (κ3) is 1.67. The molecule has 0 unspecified atom stereocenters. The van der Waals surface area contributed by atoms with E-state index in [2.05, 4.69) is 10.5 Å². The third-order valence-corrected chi connectivity index (χ3v) is 2.69. The van der Waals surface area contributed by atoms with Crippen molar-refractivity contribution in [2.24, 2.45) is 5.16 Å². The highest BCUT2D eigenvalue weighted by Crippen LogP contribution is 2.25. The molecule has 6 nitrogen and oxygen atoms in total. The van der Waals surface area contributed by atoms with Gasteiger partial charge in [0.25, 0.3) is 11.7 Å². The van der Waals surface area contributed by atoms with Gasteiger partial charge in [-0.15, -0.1) is 0 Å². The molecule has 0 bridgehead atoms.